The molecule has 1 amide bonds. The first-order valence-corrected chi connectivity index (χ1v) is 9.36. The number of nitrogens with zero attached hydrogens (tertiary/aromatic N) is 2. The number of amides is 1. The van der Waals surface area contributed by atoms with Gasteiger partial charge in [-0.3, -0.25) is 14.2 Å². The Hall–Kier alpha value is -2.95. The molecule has 0 radical (unpaired) electrons. The number of fused-ring (bicyclic) bond motifs is 1. The largest absolute Gasteiger partial charge is 0.355 e. The van der Waals surface area contributed by atoms with Crippen LogP contribution in [0.5, 0.6) is 0 Å². The highest BCUT2D eigenvalue weighted by Crippen LogP contribution is 2.18. The second kappa shape index (κ2) is 8.62. The zero-order chi connectivity index (χ0) is 19.2. The van der Waals surface area contributed by atoms with Gasteiger partial charge in [-0.25, -0.2) is 4.98 Å². The van der Waals surface area contributed by atoms with E-state index in [1.165, 1.54) is 16.5 Å². The minimum Gasteiger partial charge on any atom is -0.355 e. The summed E-state index contributed by atoms with van der Waals surface area (Å²) in [5.74, 6) is 0.240. The maximum atomic E-state index is 12.6. The van der Waals surface area contributed by atoms with Crippen LogP contribution < -0.4 is 10.9 Å². The number of hydrogen-bond acceptors (Lipinski definition) is 3. The molecule has 1 heterocycles. The number of carbonyl (C=O) groups excluding carboxylic acids is 1. The van der Waals surface area contributed by atoms with Crippen LogP contribution in [0.15, 0.2) is 59.7 Å². The summed E-state index contributed by atoms with van der Waals surface area (Å²) in [6, 6.07) is 15.8. The molecule has 27 heavy (non-hydrogen) atoms. The molecule has 1 atom stereocenters. The third-order valence-corrected chi connectivity index (χ3v) is 4.94. The molecule has 140 valence electrons. The van der Waals surface area contributed by atoms with Crippen molar-refractivity contribution in [2.75, 3.05) is 6.54 Å². The summed E-state index contributed by atoms with van der Waals surface area (Å²) in [4.78, 5) is 29.2. The minimum absolute atomic E-state index is 0.0550. The Labute approximate surface area is 159 Å². The Morgan fingerprint density at radius 3 is 2.67 bits per heavy atom. The molecule has 0 saturated carbocycles. The van der Waals surface area contributed by atoms with Gasteiger partial charge >= 0.3 is 0 Å². The van der Waals surface area contributed by atoms with E-state index in [2.05, 4.69) is 29.4 Å². The van der Waals surface area contributed by atoms with Crippen molar-refractivity contribution >= 4 is 16.8 Å². The molecule has 1 unspecified atom stereocenters. The Morgan fingerprint density at radius 2 is 1.93 bits per heavy atom. The van der Waals surface area contributed by atoms with Crippen LogP contribution in [0, 0.1) is 6.92 Å². The topological polar surface area (TPSA) is 64.0 Å². The summed E-state index contributed by atoms with van der Waals surface area (Å²) >= 11 is 0. The van der Waals surface area contributed by atoms with E-state index in [1.54, 1.807) is 6.07 Å². The number of benzene rings is 2. The van der Waals surface area contributed by atoms with Gasteiger partial charge < -0.3 is 5.32 Å². The van der Waals surface area contributed by atoms with Crippen molar-refractivity contribution < 1.29 is 4.79 Å². The van der Waals surface area contributed by atoms with Gasteiger partial charge in [0.1, 0.15) is 0 Å². The van der Waals surface area contributed by atoms with Crippen LogP contribution in [0.4, 0.5) is 0 Å². The summed E-state index contributed by atoms with van der Waals surface area (Å²) in [6.45, 7) is 4.97. The van der Waals surface area contributed by atoms with E-state index in [9.17, 15) is 9.59 Å². The number of aryl methyl sites for hydroxylation is 2. The fourth-order valence-corrected chi connectivity index (χ4v) is 3.27. The van der Waals surface area contributed by atoms with E-state index in [4.69, 9.17) is 0 Å². The van der Waals surface area contributed by atoms with E-state index >= 15 is 0 Å². The van der Waals surface area contributed by atoms with Crippen molar-refractivity contribution in [1.82, 2.24) is 14.9 Å². The molecule has 0 saturated heterocycles. The average molecular weight is 363 g/mol. The molecule has 2 aromatic carbocycles. The molecular weight excluding hydrogens is 338 g/mol. The first-order valence-electron chi connectivity index (χ1n) is 9.36. The maximum Gasteiger partial charge on any atom is 0.261 e. The molecule has 0 fully saturated rings. The number of carbonyl (C=O) groups is 1. The standard InChI is InChI=1S/C22H25N3O2/c1-3-17(18-9-5-4-6-10-18)14-23-20(26)12-13-25-15-24-21-16(2)8-7-11-19(21)22(25)27/h4-11,15,17H,3,12-14H2,1-2H3,(H,23,26). The molecule has 0 aliphatic heterocycles. The average Bonchev–Trinajstić information content (AvgIpc) is 2.69. The number of para-hydroxylation sites is 1. The molecule has 5 heteroatoms. The monoisotopic (exact) mass is 363 g/mol. The van der Waals surface area contributed by atoms with Gasteiger partial charge in [-0.2, -0.15) is 0 Å². The lowest BCUT2D eigenvalue weighted by atomic mass is 9.96. The zero-order valence-electron chi connectivity index (χ0n) is 15.8. The van der Waals surface area contributed by atoms with Gasteiger partial charge in [0.15, 0.2) is 0 Å². The molecule has 3 rings (SSSR count). The highest BCUT2D eigenvalue weighted by atomic mass is 16.1. The Balaban J connectivity index is 1.60. The molecule has 3 aromatic rings. The van der Waals surface area contributed by atoms with Crippen LogP contribution in [0.25, 0.3) is 10.9 Å². The third-order valence-electron chi connectivity index (χ3n) is 4.94. The Morgan fingerprint density at radius 1 is 1.15 bits per heavy atom. The molecule has 0 aliphatic carbocycles. The molecule has 0 spiro atoms. The summed E-state index contributed by atoms with van der Waals surface area (Å²) in [7, 11) is 0. The fraction of sp³-hybridized carbons (Fsp3) is 0.318. The van der Waals surface area contributed by atoms with Gasteiger partial charge in [0.25, 0.3) is 5.56 Å². The number of nitrogens with one attached hydrogen (secondary N) is 1. The second-order valence-corrected chi connectivity index (χ2v) is 6.78. The zero-order valence-corrected chi connectivity index (χ0v) is 15.8. The van der Waals surface area contributed by atoms with Crippen LogP contribution in [-0.2, 0) is 11.3 Å². The van der Waals surface area contributed by atoms with Gasteiger partial charge in [-0.15, -0.1) is 0 Å². The molecule has 0 bridgehead atoms. The second-order valence-electron chi connectivity index (χ2n) is 6.78. The number of rotatable bonds is 7. The molecule has 1 N–H and O–H groups in total. The lowest BCUT2D eigenvalue weighted by Crippen LogP contribution is -2.30. The Kier molecular flexibility index (Phi) is 6.01. The first-order chi connectivity index (χ1) is 13.1. The van der Waals surface area contributed by atoms with Crippen LogP contribution in [0.2, 0.25) is 0 Å². The van der Waals surface area contributed by atoms with Crippen molar-refractivity contribution in [3.05, 3.63) is 76.3 Å². The van der Waals surface area contributed by atoms with E-state index in [0.717, 1.165) is 17.5 Å². The molecule has 5 nitrogen and oxygen atoms in total. The van der Waals surface area contributed by atoms with Crippen LogP contribution in [0.3, 0.4) is 0 Å². The van der Waals surface area contributed by atoms with Gasteiger partial charge in [-0.05, 0) is 30.5 Å². The lowest BCUT2D eigenvalue weighted by molar-refractivity contribution is -0.121. The summed E-state index contributed by atoms with van der Waals surface area (Å²) < 4.78 is 1.51. The van der Waals surface area contributed by atoms with Crippen LogP contribution in [-0.4, -0.2) is 22.0 Å². The normalized spacial score (nSPS) is 12.1. The van der Waals surface area contributed by atoms with E-state index in [0.29, 0.717) is 24.4 Å². The van der Waals surface area contributed by atoms with Gasteiger partial charge in [-0.1, -0.05) is 49.4 Å². The number of aromatic nitrogens is 2. The van der Waals surface area contributed by atoms with Gasteiger partial charge in [0.05, 0.1) is 17.2 Å². The van der Waals surface area contributed by atoms with E-state index in [1.807, 2.05) is 37.3 Å². The van der Waals surface area contributed by atoms with Crippen molar-refractivity contribution in [3.8, 4) is 0 Å². The highest BCUT2D eigenvalue weighted by Gasteiger charge is 2.12. The fourth-order valence-electron chi connectivity index (χ4n) is 3.27. The van der Waals surface area contributed by atoms with E-state index in [-0.39, 0.29) is 17.9 Å². The predicted molar refractivity (Wildman–Crippen MR) is 108 cm³/mol. The van der Waals surface area contributed by atoms with Crippen molar-refractivity contribution in [1.29, 1.82) is 0 Å². The SMILES string of the molecule is CCC(CNC(=O)CCn1cnc2c(C)cccc2c1=O)c1ccccc1. The molecule has 0 aliphatic rings. The van der Waals surface area contributed by atoms with Crippen molar-refractivity contribution in [2.45, 2.75) is 39.2 Å². The minimum atomic E-state index is -0.104. The van der Waals surface area contributed by atoms with Crippen molar-refractivity contribution in [2.24, 2.45) is 0 Å². The van der Waals surface area contributed by atoms with E-state index < -0.39 is 0 Å². The lowest BCUT2D eigenvalue weighted by Gasteiger charge is -2.16. The number of hydrogen-bond donors (Lipinski definition) is 1. The maximum absolute atomic E-state index is 12.6. The summed E-state index contributed by atoms with van der Waals surface area (Å²) in [5, 5.41) is 3.58. The van der Waals surface area contributed by atoms with Crippen molar-refractivity contribution in [3.63, 3.8) is 0 Å². The first kappa shape index (κ1) is 18.8. The summed E-state index contributed by atoms with van der Waals surface area (Å²) in [6.07, 6.45) is 2.74. The van der Waals surface area contributed by atoms with Crippen LogP contribution >= 0.6 is 0 Å². The third kappa shape index (κ3) is 4.42. The smallest absolute Gasteiger partial charge is 0.261 e. The molecular formula is C22H25N3O2. The highest BCUT2D eigenvalue weighted by molar-refractivity contribution is 5.80. The van der Waals surface area contributed by atoms with Gasteiger partial charge in [0.2, 0.25) is 5.91 Å². The summed E-state index contributed by atoms with van der Waals surface area (Å²) in [5.41, 5.74) is 2.82. The van der Waals surface area contributed by atoms with Crippen LogP contribution in [0.1, 0.15) is 36.8 Å². The predicted octanol–water partition coefficient (Wildman–Crippen LogP) is 3.41. The quantitative estimate of drug-likeness (QED) is 0.700. The molecule has 1 aromatic heterocycles. The Bertz CT molecular complexity index is 980. The van der Waals surface area contributed by atoms with Gasteiger partial charge in [0, 0.05) is 25.4 Å².